The molecule has 9 amide bonds. The van der Waals surface area contributed by atoms with Gasteiger partial charge in [-0.05, 0) is 129 Å². The second-order valence-electron chi connectivity index (χ2n) is 26.8. The summed E-state index contributed by atoms with van der Waals surface area (Å²) in [5, 5.41) is 9.49. The molecule has 1 aromatic rings. The highest BCUT2D eigenvalue weighted by atomic mass is 16.2. The molecule has 3 aliphatic heterocycles. The Kier molecular flexibility index (Phi) is 16.2. The molecule has 18 nitrogen and oxygen atoms in total. The van der Waals surface area contributed by atoms with E-state index in [0.29, 0.717) is 96.7 Å². The summed E-state index contributed by atoms with van der Waals surface area (Å²) in [5.74, 6) is -0.570. The van der Waals surface area contributed by atoms with Crippen molar-refractivity contribution in [3.05, 3.63) is 31.5 Å². The molecule has 0 bridgehead atoms. The van der Waals surface area contributed by atoms with Crippen LogP contribution in [-0.4, -0.2) is 102 Å². The first-order chi connectivity index (χ1) is 33.6. The fraction of sp³-hybridized carbons (Fsp3) is 0.833. The van der Waals surface area contributed by atoms with Crippen LogP contribution in [0.3, 0.4) is 0 Å². The summed E-state index contributed by atoms with van der Waals surface area (Å²) in [7, 11) is 0. The van der Waals surface area contributed by atoms with Crippen molar-refractivity contribution in [3.8, 4) is 0 Å². The molecule has 72 heavy (non-hydrogen) atoms. The maximum atomic E-state index is 15.2. The van der Waals surface area contributed by atoms with E-state index < -0.39 is 51.4 Å². The predicted molar refractivity (Wildman–Crippen MR) is 274 cm³/mol. The van der Waals surface area contributed by atoms with Crippen LogP contribution >= 0.6 is 0 Å². The van der Waals surface area contributed by atoms with E-state index in [1.165, 1.54) is 28.4 Å². The number of urea groups is 3. The third kappa shape index (κ3) is 13.3. The predicted octanol–water partition coefficient (Wildman–Crippen LogP) is 7.26. The topological polar surface area (TPSA) is 214 Å². The van der Waals surface area contributed by atoms with Gasteiger partial charge in [0.05, 0.1) is 0 Å². The molecule has 3 saturated carbocycles. The fourth-order valence-corrected chi connectivity index (χ4v) is 15.2. The number of likely N-dealkylation sites (tertiary alicyclic amines) is 3. The van der Waals surface area contributed by atoms with Gasteiger partial charge >= 0.3 is 35.2 Å². The average Bonchev–Trinajstić information content (AvgIpc) is 3.70. The number of hydrogen-bond donors (Lipinski definition) is 3. The van der Waals surface area contributed by atoms with Crippen molar-refractivity contribution in [1.82, 2.24) is 44.4 Å². The molecule has 0 spiro atoms. The lowest BCUT2D eigenvalue weighted by molar-refractivity contribution is -0.128. The zero-order chi connectivity index (χ0) is 52.6. The molecule has 0 aromatic carbocycles. The molecule has 1 aromatic heterocycles. The Labute approximate surface area is 426 Å². The lowest BCUT2D eigenvalue weighted by Gasteiger charge is -2.48. The van der Waals surface area contributed by atoms with Crippen LogP contribution < -0.4 is 33.0 Å². The highest BCUT2D eigenvalue weighted by Gasteiger charge is 2.47. The van der Waals surface area contributed by atoms with Gasteiger partial charge in [-0.1, -0.05) is 81.6 Å². The first-order valence-electron chi connectivity index (χ1n) is 27.3. The Morgan fingerprint density at radius 3 is 0.889 bits per heavy atom. The lowest BCUT2D eigenvalue weighted by Crippen LogP contribution is -2.60. The van der Waals surface area contributed by atoms with Crippen LogP contribution in [0.25, 0.3) is 0 Å². The molecular formula is C54H87N9O9. The maximum absolute atomic E-state index is 15.2. The third-order valence-corrected chi connectivity index (χ3v) is 16.8. The van der Waals surface area contributed by atoms with E-state index in [-0.39, 0.29) is 71.7 Å². The minimum absolute atomic E-state index is 0.0289. The smallest absolute Gasteiger partial charge is 0.335 e. The van der Waals surface area contributed by atoms with Crippen molar-refractivity contribution in [1.29, 1.82) is 0 Å². The largest absolute Gasteiger partial charge is 0.336 e. The van der Waals surface area contributed by atoms with Crippen molar-refractivity contribution in [3.63, 3.8) is 0 Å². The fourth-order valence-electron chi connectivity index (χ4n) is 15.2. The molecule has 0 radical (unpaired) electrons. The summed E-state index contributed by atoms with van der Waals surface area (Å²) in [6.07, 6.45) is 13.1. The van der Waals surface area contributed by atoms with Gasteiger partial charge in [-0.2, -0.15) is 0 Å². The van der Waals surface area contributed by atoms with E-state index in [1.807, 2.05) is 20.8 Å². The van der Waals surface area contributed by atoms with E-state index in [2.05, 4.69) is 57.5 Å². The van der Waals surface area contributed by atoms with Crippen molar-refractivity contribution < 1.29 is 28.8 Å². The van der Waals surface area contributed by atoms with E-state index in [9.17, 15) is 28.8 Å². The lowest BCUT2D eigenvalue weighted by atomic mass is 9.62. The Bertz CT molecular complexity index is 2150. The molecule has 4 heterocycles. The number of imide groups is 3. The maximum Gasteiger partial charge on any atom is 0.336 e. The minimum atomic E-state index is -0.719. The second-order valence-corrected chi connectivity index (χ2v) is 26.8. The van der Waals surface area contributed by atoms with Gasteiger partial charge in [0.25, 0.3) is 0 Å². The third-order valence-electron chi connectivity index (χ3n) is 16.8. The Balaban J connectivity index is 1.24. The van der Waals surface area contributed by atoms with Crippen molar-refractivity contribution in [2.75, 3.05) is 19.6 Å². The van der Waals surface area contributed by atoms with Gasteiger partial charge in [0.1, 0.15) is 0 Å². The zero-order valence-corrected chi connectivity index (χ0v) is 45.2. The molecule has 6 unspecified atom stereocenters. The van der Waals surface area contributed by atoms with Crippen LogP contribution in [-0.2, 0) is 34.0 Å². The zero-order valence-electron chi connectivity index (χ0n) is 45.2. The number of carbonyl (C=O) groups is 6. The van der Waals surface area contributed by atoms with Crippen LogP contribution in [0.1, 0.15) is 197 Å². The Morgan fingerprint density at radius 1 is 0.389 bits per heavy atom. The number of nitrogens with one attached hydrogen (secondary N) is 3. The van der Waals surface area contributed by atoms with Gasteiger partial charge in [0.2, 0.25) is 17.7 Å². The highest BCUT2D eigenvalue weighted by molar-refractivity contribution is 5.96. The summed E-state index contributed by atoms with van der Waals surface area (Å²) >= 11 is 0. The van der Waals surface area contributed by atoms with Gasteiger partial charge in [0, 0.05) is 76.7 Å². The second kappa shape index (κ2) is 21.2. The van der Waals surface area contributed by atoms with Gasteiger partial charge in [-0.15, -0.1) is 0 Å². The van der Waals surface area contributed by atoms with Crippen LogP contribution in [0.5, 0.6) is 0 Å². The molecular weight excluding hydrogens is 919 g/mol. The highest BCUT2D eigenvalue weighted by Crippen LogP contribution is 2.49. The van der Waals surface area contributed by atoms with Crippen LogP contribution in [0.4, 0.5) is 14.4 Å². The molecule has 18 heteroatoms. The van der Waals surface area contributed by atoms with Gasteiger partial charge in [0.15, 0.2) is 0 Å². The molecule has 6 atom stereocenters. The minimum Gasteiger partial charge on any atom is -0.335 e. The molecule has 3 aliphatic carbocycles. The SMILES string of the molecule is CC1(C)CC(NC(=O)N2CCCCCC2=O)CC(C)(Cn2c(=O)n(CC3(C)CC(NC(=O)N4CCCCCC4=O)CC(C)(C)C3)c(=O)n(CC3(C)CC(NC(=O)N4CCCCCC4=O)CC(C)(C)C3)c2=O)C1. The molecule has 7 rings (SSSR count). The summed E-state index contributed by atoms with van der Waals surface area (Å²) in [5.41, 5.74) is -5.28. The van der Waals surface area contributed by atoms with E-state index in [0.717, 1.165) is 57.8 Å². The van der Waals surface area contributed by atoms with Crippen molar-refractivity contribution in [2.24, 2.45) is 32.5 Å². The Morgan fingerprint density at radius 2 is 0.639 bits per heavy atom. The summed E-state index contributed by atoms with van der Waals surface area (Å²) in [4.78, 5) is 130. The molecule has 6 aliphatic rings. The quantitative estimate of drug-likeness (QED) is 0.227. The first-order valence-corrected chi connectivity index (χ1v) is 27.3. The number of rotatable bonds is 9. The van der Waals surface area contributed by atoms with Crippen molar-refractivity contribution in [2.45, 2.75) is 235 Å². The van der Waals surface area contributed by atoms with Gasteiger partial charge in [-0.25, -0.2) is 42.5 Å². The van der Waals surface area contributed by atoms with E-state index in [4.69, 9.17) is 0 Å². The number of aromatic nitrogens is 3. The number of hydrogen-bond acceptors (Lipinski definition) is 9. The standard InChI is InChI=1S/C54H87N9O9/c1-49(2)25-37(55-43(67)58-22-16-10-13-19-40(58)64)28-52(7,31-49)34-61-46(70)62(35-53(8)29-38(26-50(3,4)32-53)56-44(68)59-23-17-11-14-20-41(59)65)48(72)63(47(61)71)36-54(9)30-39(27-51(5,6)33-54)57-45(69)60-24-18-12-15-21-42(60)66/h37-39H,10-36H2,1-9H3,(H,55,67)(H,56,68)(H,57,69). The van der Waals surface area contributed by atoms with Gasteiger partial charge < -0.3 is 16.0 Å². The molecule has 6 fully saturated rings. The number of nitrogens with zero attached hydrogens (tertiary/aromatic N) is 6. The summed E-state index contributed by atoms with van der Waals surface area (Å²) in [6, 6.07) is -2.34. The van der Waals surface area contributed by atoms with E-state index >= 15 is 14.4 Å². The van der Waals surface area contributed by atoms with Crippen LogP contribution in [0.15, 0.2) is 14.4 Å². The Hall–Kier alpha value is -4.77. The number of amides is 9. The monoisotopic (exact) mass is 1010 g/mol. The summed E-state index contributed by atoms with van der Waals surface area (Å²) < 4.78 is 3.68. The van der Waals surface area contributed by atoms with Crippen LogP contribution in [0.2, 0.25) is 0 Å². The van der Waals surface area contributed by atoms with Gasteiger partial charge in [-0.3, -0.25) is 29.1 Å². The van der Waals surface area contributed by atoms with Crippen LogP contribution in [0, 0.1) is 32.5 Å². The normalized spacial score (nSPS) is 31.2. The number of carbonyl (C=O) groups excluding carboxylic acids is 6. The van der Waals surface area contributed by atoms with E-state index in [1.54, 1.807) is 0 Å². The first kappa shape index (κ1) is 55.0. The van der Waals surface area contributed by atoms with Crippen molar-refractivity contribution >= 4 is 35.8 Å². The molecule has 402 valence electrons. The average molecular weight is 1010 g/mol. The molecule has 3 N–H and O–H groups in total. The molecule has 3 saturated heterocycles. The summed E-state index contributed by atoms with van der Waals surface area (Å²) in [6.45, 7) is 19.7.